The van der Waals surface area contributed by atoms with Gasteiger partial charge >= 0.3 is 0 Å². The summed E-state index contributed by atoms with van der Waals surface area (Å²) in [6.07, 6.45) is 2.14. The van der Waals surface area contributed by atoms with Crippen LogP contribution in [0, 0.1) is 0 Å². The van der Waals surface area contributed by atoms with Gasteiger partial charge in [0.2, 0.25) is 10.0 Å². The Labute approximate surface area is 168 Å². The molecule has 29 heavy (non-hydrogen) atoms. The van der Waals surface area contributed by atoms with Crippen LogP contribution in [-0.4, -0.2) is 47.2 Å². The maximum Gasteiger partial charge on any atom is 0.261 e. The number of benzene rings is 1. The van der Waals surface area contributed by atoms with Crippen molar-refractivity contribution < 1.29 is 13.2 Å². The minimum absolute atomic E-state index is 0.256. The maximum atomic E-state index is 13.0. The third-order valence-electron chi connectivity index (χ3n) is 5.28. The monoisotopic (exact) mass is 417 g/mol. The summed E-state index contributed by atoms with van der Waals surface area (Å²) in [4.78, 5) is 15.0. The molecule has 9 nitrogen and oxygen atoms in total. The Morgan fingerprint density at radius 2 is 2.10 bits per heavy atom. The number of hydrogen-bond acceptors (Lipinski definition) is 6. The highest BCUT2D eigenvalue weighted by atomic mass is 32.2. The van der Waals surface area contributed by atoms with Crippen LogP contribution >= 0.6 is 0 Å². The van der Waals surface area contributed by atoms with Crippen molar-refractivity contribution in [3.63, 3.8) is 0 Å². The van der Waals surface area contributed by atoms with Crippen molar-refractivity contribution in [3.8, 4) is 0 Å². The first-order valence-electron chi connectivity index (χ1n) is 9.21. The normalized spacial score (nSPS) is 16.2. The number of sulfonamides is 1. The smallest absolute Gasteiger partial charge is 0.261 e. The Hall–Kier alpha value is -2.69. The number of fused-ring (bicyclic) bond motifs is 2. The second-order valence-corrected chi connectivity index (χ2v) is 9.51. The molecule has 0 atom stereocenters. The van der Waals surface area contributed by atoms with Gasteiger partial charge in [-0.1, -0.05) is 0 Å². The maximum absolute atomic E-state index is 13.0. The van der Waals surface area contributed by atoms with Crippen LogP contribution in [-0.2, 0) is 21.3 Å². The van der Waals surface area contributed by atoms with E-state index in [-0.39, 0.29) is 12.1 Å². The van der Waals surface area contributed by atoms with E-state index in [2.05, 4.69) is 20.5 Å². The van der Waals surface area contributed by atoms with E-state index in [1.807, 2.05) is 13.8 Å². The highest BCUT2D eigenvalue weighted by Crippen LogP contribution is 2.38. The number of anilines is 2. The van der Waals surface area contributed by atoms with Crippen LogP contribution in [0.25, 0.3) is 10.9 Å². The number of pyridine rings is 1. The molecule has 1 aromatic carbocycles. The van der Waals surface area contributed by atoms with Gasteiger partial charge < -0.3 is 15.0 Å². The Balaban J connectivity index is 1.66. The van der Waals surface area contributed by atoms with Crippen molar-refractivity contribution >= 4 is 32.4 Å². The number of aromatic amines is 2. The van der Waals surface area contributed by atoms with E-state index in [1.54, 1.807) is 37.6 Å². The second-order valence-electron chi connectivity index (χ2n) is 7.68. The predicted molar refractivity (Wildman–Crippen MR) is 110 cm³/mol. The van der Waals surface area contributed by atoms with E-state index in [0.29, 0.717) is 45.9 Å². The molecule has 3 heterocycles. The molecule has 154 valence electrons. The van der Waals surface area contributed by atoms with Gasteiger partial charge in [-0.05, 0) is 50.1 Å². The molecular formula is C19H23N5O4S. The highest BCUT2D eigenvalue weighted by Gasteiger charge is 2.43. The summed E-state index contributed by atoms with van der Waals surface area (Å²) in [6.45, 7) is 4.56. The fourth-order valence-electron chi connectivity index (χ4n) is 3.61. The number of hydrogen-bond donors (Lipinski definition) is 3. The third kappa shape index (κ3) is 3.33. The third-order valence-corrected chi connectivity index (χ3v) is 7.44. The summed E-state index contributed by atoms with van der Waals surface area (Å²) in [6, 6.07) is 6.79. The molecule has 0 amide bonds. The number of rotatable bonds is 6. The van der Waals surface area contributed by atoms with Gasteiger partial charge in [-0.3, -0.25) is 9.89 Å². The highest BCUT2D eigenvalue weighted by molar-refractivity contribution is 7.89. The molecule has 1 aliphatic rings. The van der Waals surface area contributed by atoms with Crippen molar-refractivity contribution in [2.45, 2.75) is 37.2 Å². The molecule has 0 aliphatic carbocycles. The van der Waals surface area contributed by atoms with Crippen LogP contribution in [0.15, 0.2) is 40.2 Å². The first kappa shape index (κ1) is 19.6. The molecule has 0 spiro atoms. The number of methoxy groups -OCH3 is 1. The van der Waals surface area contributed by atoms with Gasteiger partial charge in [0, 0.05) is 37.7 Å². The topological polar surface area (TPSA) is 120 Å². The van der Waals surface area contributed by atoms with Gasteiger partial charge in [0.05, 0.1) is 10.4 Å². The number of ether oxygens (including phenoxy) is 1. The van der Waals surface area contributed by atoms with E-state index in [1.165, 1.54) is 4.31 Å². The molecule has 4 rings (SSSR count). The minimum atomic E-state index is -3.58. The van der Waals surface area contributed by atoms with Gasteiger partial charge in [0.25, 0.3) is 5.56 Å². The van der Waals surface area contributed by atoms with Gasteiger partial charge in [-0.15, -0.1) is 0 Å². The molecule has 0 radical (unpaired) electrons. The second kappa shape index (κ2) is 6.97. The fraction of sp³-hybridized carbons (Fsp3) is 0.368. The zero-order chi connectivity index (χ0) is 20.8. The Morgan fingerprint density at radius 1 is 1.31 bits per heavy atom. The molecule has 3 aromatic rings. The average Bonchev–Trinajstić information content (AvgIpc) is 3.20. The minimum Gasteiger partial charge on any atom is -0.385 e. The fourth-order valence-corrected chi connectivity index (χ4v) is 5.60. The van der Waals surface area contributed by atoms with E-state index in [0.717, 1.165) is 0 Å². The van der Waals surface area contributed by atoms with Gasteiger partial charge in [-0.2, -0.15) is 9.40 Å². The Kier molecular flexibility index (Phi) is 4.72. The summed E-state index contributed by atoms with van der Waals surface area (Å²) in [5, 5.41) is 10.5. The van der Waals surface area contributed by atoms with Crippen LogP contribution < -0.4 is 10.9 Å². The molecule has 0 unspecified atom stereocenters. The molecule has 0 fully saturated rings. The van der Waals surface area contributed by atoms with Crippen molar-refractivity contribution in [1.29, 1.82) is 0 Å². The summed E-state index contributed by atoms with van der Waals surface area (Å²) in [7, 11) is -1.98. The van der Waals surface area contributed by atoms with Crippen LogP contribution in [0.3, 0.4) is 0 Å². The van der Waals surface area contributed by atoms with Crippen LogP contribution in [0.1, 0.15) is 25.8 Å². The lowest BCUT2D eigenvalue weighted by molar-refractivity contribution is 0.130. The summed E-state index contributed by atoms with van der Waals surface area (Å²) in [5.74, 6) is 0.389. The van der Waals surface area contributed by atoms with Crippen molar-refractivity contribution in [1.82, 2.24) is 19.5 Å². The Morgan fingerprint density at radius 3 is 2.86 bits per heavy atom. The zero-order valence-corrected chi connectivity index (χ0v) is 17.3. The number of nitrogens with one attached hydrogen (secondary N) is 3. The van der Waals surface area contributed by atoms with Gasteiger partial charge in [-0.25, -0.2) is 8.42 Å². The van der Waals surface area contributed by atoms with Crippen LogP contribution in [0.2, 0.25) is 0 Å². The summed E-state index contributed by atoms with van der Waals surface area (Å²) >= 11 is 0. The zero-order valence-electron chi connectivity index (χ0n) is 16.4. The first-order chi connectivity index (χ1) is 13.7. The Bertz CT molecular complexity index is 1230. The SMILES string of the molecule is COCCC(C)(C)N1Cc2cc(Nc3n[nH]c4cc[nH]c(=O)c34)ccc2S1(=O)=O. The number of nitrogens with zero attached hydrogens (tertiary/aromatic N) is 2. The van der Waals surface area contributed by atoms with Gasteiger partial charge in [0.15, 0.2) is 5.82 Å². The number of aromatic nitrogens is 3. The molecule has 2 aromatic heterocycles. The molecule has 0 saturated carbocycles. The molecule has 0 bridgehead atoms. The van der Waals surface area contributed by atoms with Gasteiger partial charge in [0.1, 0.15) is 5.39 Å². The van der Waals surface area contributed by atoms with E-state index in [9.17, 15) is 13.2 Å². The van der Waals surface area contributed by atoms with Crippen LogP contribution in [0.5, 0.6) is 0 Å². The molecule has 0 saturated heterocycles. The predicted octanol–water partition coefficient (Wildman–Crippen LogP) is 2.31. The van der Waals surface area contributed by atoms with E-state index in [4.69, 9.17) is 4.74 Å². The quantitative estimate of drug-likeness (QED) is 0.566. The molecule has 3 N–H and O–H groups in total. The van der Waals surface area contributed by atoms with Crippen molar-refractivity contribution in [2.75, 3.05) is 19.0 Å². The molecule has 1 aliphatic heterocycles. The summed E-state index contributed by atoms with van der Waals surface area (Å²) < 4.78 is 32.7. The van der Waals surface area contributed by atoms with E-state index < -0.39 is 15.6 Å². The lowest BCUT2D eigenvalue weighted by Crippen LogP contribution is -2.44. The van der Waals surface area contributed by atoms with Crippen molar-refractivity contribution in [3.05, 3.63) is 46.4 Å². The molecule has 10 heteroatoms. The lowest BCUT2D eigenvalue weighted by Gasteiger charge is -2.33. The average molecular weight is 417 g/mol. The largest absolute Gasteiger partial charge is 0.385 e. The van der Waals surface area contributed by atoms with Crippen LogP contribution in [0.4, 0.5) is 11.5 Å². The summed E-state index contributed by atoms with van der Waals surface area (Å²) in [5.41, 5.74) is 1.15. The van der Waals surface area contributed by atoms with Crippen molar-refractivity contribution in [2.24, 2.45) is 0 Å². The standard InChI is InChI=1S/C19H23N5O4S/c1-19(2,7-9-28-3)24-11-12-10-13(4-5-15(12)29(24,26)27)21-17-16-14(22-23-17)6-8-20-18(16)25/h4-6,8,10H,7,9,11H2,1-3H3,(H,20,25)(H2,21,22,23). The first-order valence-corrected chi connectivity index (χ1v) is 10.7. The van der Waals surface area contributed by atoms with E-state index >= 15 is 0 Å². The number of H-pyrrole nitrogens is 2. The lowest BCUT2D eigenvalue weighted by atomic mass is 10.0. The molecular weight excluding hydrogens is 394 g/mol.